The molecule has 0 bridgehead atoms. The van der Waals surface area contributed by atoms with Crippen molar-refractivity contribution >= 4 is 22.7 Å². The second kappa shape index (κ2) is 12.3. The van der Waals surface area contributed by atoms with Crippen LogP contribution < -0.4 is 9.64 Å². The molecular formula is C24H29N3O5. The molecule has 0 heterocycles. The van der Waals surface area contributed by atoms with Gasteiger partial charge < -0.3 is 9.64 Å². The van der Waals surface area contributed by atoms with E-state index < -0.39 is 9.85 Å². The van der Waals surface area contributed by atoms with E-state index >= 15 is 0 Å². The fourth-order valence-electron chi connectivity index (χ4n) is 3.37. The van der Waals surface area contributed by atoms with E-state index in [4.69, 9.17) is 4.74 Å². The van der Waals surface area contributed by atoms with Crippen LogP contribution in [0.15, 0.2) is 42.5 Å². The van der Waals surface area contributed by atoms with Crippen molar-refractivity contribution in [3.05, 3.63) is 62.7 Å². The number of nitro groups is 2. The van der Waals surface area contributed by atoms with Crippen LogP contribution in [0.25, 0.3) is 0 Å². The van der Waals surface area contributed by atoms with Crippen LogP contribution in [-0.2, 0) is 0 Å². The van der Waals surface area contributed by atoms with E-state index in [-0.39, 0.29) is 17.4 Å². The number of rotatable bonds is 11. The molecule has 0 saturated heterocycles. The Morgan fingerprint density at radius 3 is 2.06 bits per heavy atom. The summed E-state index contributed by atoms with van der Waals surface area (Å²) in [4.78, 5) is 23.3. The van der Waals surface area contributed by atoms with Gasteiger partial charge in [-0.2, -0.15) is 0 Å². The van der Waals surface area contributed by atoms with Crippen molar-refractivity contribution in [2.45, 2.75) is 58.4 Å². The third kappa shape index (κ3) is 6.98. The minimum Gasteiger partial charge on any atom is -0.497 e. The number of anilines is 2. The maximum Gasteiger partial charge on any atom is 0.278 e. The van der Waals surface area contributed by atoms with Crippen molar-refractivity contribution in [1.29, 1.82) is 0 Å². The number of unbranched alkanes of at least 4 members (excludes halogenated alkanes) is 5. The van der Waals surface area contributed by atoms with Gasteiger partial charge in [-0.15, -0.1) is 5.92 Å². The summed E-state index contributed by atoms with van der Waals surface area (Å²) >= 11 is 0. The lowest BCUT2D eigenvalue weighted by Crippen LogP contribution is -2.27. The molecule has 1 atom stereocenters. The smallest absolute Gasteiger partial charge is 0.278 e. The highest BCUT2D eigenvalue weighted by Gasteiger charge is 2.23. The van der Waals surface area contributed by atoms with Gasteiger partial charge in [0.1, 0.15) is 5.75 Å². The standard InChI is InChI=1S/C24H29N3O5/c1-4-5-6-7-8-9-10-11-19(2)25(20-12-14-24(32-3)15-13-20)21-16-22(26(28)29)18-23(17-21)27(30)31/h12-19H,4-9H2,1-3H3/t19-/m0/s1. The van der Waals surface area contributed by atoms with Crippen molar-refractivity contribution in [3.8, 4) is 17.6 Å². The molecule has 32 heavy (non-hydrogen) atoms. The molecule has 2 aromatic carbocycles. The molecule has 8 nitrogen and oxygen atoms in total. The van der Waals surface area contributed by atoms with E-state index in [2.05, 4.69) is 18.8 Å². The number of nitrogens with zero attached hydrogens (tertiary/aromatic N) is 3. The molecule has 0 radical (unpaired) electrons. The van der Waals surface area contributed by atoms with Crippen LogP contribution in [0.2, 0.25) is 0 Å². The summed E-state index contributed by atoms with van der Waals surface area (Å²) in [6, 6.07) is 10.4. The molecule has 0 aromatic heterocycles. The number of ether oxygens (including phenoxy) is 1. The van der Waals surface area contributed by atoms with E-state index in [9.17, 15) is 20.2 Å². The molecule has 0 amide bonds. The van der Waals surface area contributed by atoms with Gasteiger partial charge in [0.15, 0.2) is 0 Å². The van der Waals surface area contributed by atoms with Gasteiger partial charge in [0, 0.05) is 24.2 Å². The molecule has 0 N–H and O–H groups in total. The lowest BCUT2D eigenvalue weighted by Gasteiger charge is -2.28. The highest BCUT2D eigenvalue weighted by molar-refractivity contribution is 5.70. The second-order valence-corrected chi connectivity index (χ2v) is 7.45. The molecule has 0 unspecified atom stereocenters. The number of hydrogen-bond donors (Lipinski definition) is 0. The molecule has 0 saturated carbocycles. The molecule has 2 rings (SSSR count). The highest BCUT2D eigenvalue weighted by atomic mass is 16.6. The summed E-state index contributed by atoms with van der Waals surface area (Å²) in [5.74, 6) is 7.05. The molecule has 0 aliphatic heterocycles. The van der Waals surface area contributed by atoms with Crippen molar-refractivity contribution in [1.82, 2.24) is 0 Å². The van der Waals surface area contributed by atoms with E-state index in [1.165, 1.54) is 31.4 Å². The summed E-state index contributed by atoms with van der Waals surface area (Å²) in [5.41, 5.74) is 0.346. The van der Waals surface area contributed by atoms with Crippen LogP contribution in [0.4, 0.5) is 22.7 Å². The zero-order valence-corrected chi connectivity index (χ0v) is 18.7. The summed E-state index contributed by atoms with van der Waals surface area (Å²) < 4.78 is 5.21. The van der Waals surface area contributed by atoms with Crippen molar-refractivity contribution in [2.75, 3.05) is 12.0 Å². The first-order valence-corrected chi connectivity index (χ1v) is 10.7. The lowest BCUT2D eigenvalue weighted by atomic mass is 10.1. The molecule has 170 valence electrons. The van der Waals surface area contributed by atoms with Gasteiger partial charge in [0.25, 0.3) is 11.4 Å². The van der Waals surface area contributed by atoms with Crippen LogP contribution in [-0.4, -0.2) is 23.0 Å². The predicted molar refractivity (Wildman–Crippen MR) is 125 cm³/mol. The van der Waals surface area contributed by atoms with Gasteiger partial charge in [-0.25, -0.2) is 0 Å². The Hall–Kier alpha value is -3.60. The van der Waals surface area contributed by atoms with Gasteiger partial charge in [0.05, 0.1) is 34.8 Å². The van der Waals surface area contributed by atoms with E-state index in [1.807, 2.05) is 6.92 Å². The number of benzene rings is 2. The van der Waals surface area contributed by atoms with Gasteiger partial charge in [-0.05, 0) is 37.6 Å². The Morgan fingerprint density at radius 2 is 1.53 bits per heavy atom. The second-order valence-electron chi connectivity index (χ2n) is 7.45. The summed E-state index contributed by atoms with van der Waals surface area (Å²) in [6.07, 6.45) is 6.53. The fourth-order valence-corrected chi connectivity index (χ4v) is 3.37. The largest absolute Gasteiger partial charge is 0.497 e. The molecule has 0 spiro atoms. The summed E-state index contributed by atoms with van der Waals surface area (Å²) in [6.45, 7) is 4.05. The quantitative estimate of drug-likeness (QED) is 0.174. The first-order valence-electron chi connectivity index (χ1n) is 10.7. The Balaban J connectivity index is 2.39. The van der Waals surface area contributed by atoms with Gasteiger partial charge in [-0.1, -0.05) is 38.5 Å². The highest BCUT2D eigenvalue weighted by Crippen LogP contribution is 2.35. The number of nitro benzene ring substituents is 2. The van der Waals surface area contributed by atoms with Crippen LogP contribution in [0.5, 0.6) is 5.75 Å². The minimum atomic E-state index is -0.630. The van der Waals surface area contributed by atoms with Crippen LogP contribution in [0.1, 0.15) is 52.4 Å². The topological polar surface area (TPSA) is 98.8 Å². The third-order valence-corrected chi connectivity index (χ3v) is 5.04. The number of methoxy groups -OCH3 is 1. The first-order chi connectivity index (χ1) is 15.4. The van der Waals surface area contributed by atoms with Gasteiger partial charge in [0.2, 0.25) is 0 Å². The van der Waals surface area contributed by atoms with E-state index in [0.717, 1.165) is 25.3 Å². The Bertz CT molecular complexity index is 947. The Kier molecular flexibility index (Phi) is 9.48. The van der Waals surface area contributed by atoms with Gasteiger partial charge in [-0.3, -0.25) is 20.2 Å². The SMILES string of the molecule is CCCCCCCC#C[C@H](C)N(c1ccc(OC)cc1)c1cc([N+](=O)[O-])cc([N+](=O)[O-])c1. The van der Waals surface area contributed by atoms with Crippen molar-refractivity contribution in [2.24, 2.45) is 0 Å². The maximum absolute atomic E-state index is 11.4. The van der Waals surface area contributed by atoms with E-state index in [1.54, 1.807) is 36.3 Å². The summed E-state index contributed by atoms with van der Waals surface area (Å²) in [5, 5.41) is 22.8. The van der Waals surface area contributed by atoms with Crippen molar-refractivity contribution < 1.29 is 14.6 Å². The molecular weight excluding hydrogens is 410 g/mol. The average molecular weight is 440 g/mol. The lowest BCUT2D eigenvalue weighted by molar-refractivity contribution is -0.394. The minimum absolute atomic E-state index is 0.334. The zero-order chi connectivity index (χ0) is 23.5. The molecule has 0 fully saturated rings. The van der Waals surface area contributed by atoms with Crippen LogP contribution >= 0.6 is 0 Å². The van der Waals surface area contributed by atoms with E-state index in [0.29, 0.717) is 17.1 Å². The first kappa shape index (κ1) is 24.7. The molecule has 8 heteroatoms. The van der Waals surface area contributed by atoms with Gasteiger partial charge >= 0.3 is 0 Å². The molecule has 0 aliphatic rings. The Morgan fingerprint density at radius 1 is 0.938 bits per heavy atom. The molecule has 2 aromatic rings. The maximum atomic E-state index is 11.4. The summed E-state index contributed by atoms with van der Waals surface area (Å²) in [7, 11) is 1.56. The predicted octanol–water partition coefficient (Wildman–Crippen LogP) is 6.40. The number of non-ortho nitro benzene ring substituents is 2. The molecule has 0 aliphatic carbocycles. The average Bonchev–Trinajstić information content (AvgIpc) is 2.78. The van der Waals surface area contributed by atoms with Crippen LogP contribution in [0.3, 0.4) is 0 Å². The fraction of sp³-hybridized carbons (Fsp3) is 0.417. The van der Waals surface area contributed by atoms with Crippen molar-refractivity contribution in [3.63, 3.8) is 0 Å². The normalized spacial score (nSPS) is 11.2. The van der Waals surface area contributed by atoms with Crippen LogP contribution in [0, 0.1) is 32.1 Å². The Labute approximate surface area is 188 Å². The zero-order valence-electron chi connectivity index (χ0n) is 18.7. The monoisotopic (exact) mass is 439 g/mol. The number of hydrogen-bond acceptors (Lipinski definition) is 6. The third-order valence-electron chi connectivity index (χ3n) is 5.04.